The maximum Gasteiger partial charge on any atom is 0.276 e. The highest BCUT2D eigenvalue weighted by atomic mass is 16.5. The van der Waals surface area contributed by atoms with Crippen molar-refractivity contribution in [3.05, 3.63) is 63.9 Å². The van der Waals surface area contributed by atoms with E-state index < -0.39 is 0 Å². The number of rotatable bonds is 6. The summed E-state index contributed by atoms with van der Waals surface area (Å²) in [4.78, 5) is 29.1. The molecule has 3 aromatic rings. The quantitative estimate of drug-likeness (QED) is 0.655. The number of nitrogens with zero attached hydrogens (tertiary/aromatic N) is 2. The van der Waals surface area contributed by atoms with Gasteiger partial charge in [0.05, 0.1) is 10.9 Å². The van der Waals surface area contributed by atoms with Gasteiger partial charge in [0, 0.05) is 6.54 Å². The summed E-state index contributed by atoms with van der Waals surface area (Å²) in [6.45, 7) is 5.97. The van der Waals surface area contributed by atoms with Gasteiger partial charge in [0.25, 0.3) is 11.5 Å². The van der Waals surface area contributed by atoms with Gasteiger partial charge in [-0.3, -0.25) is 25.0 Å². The average molecular weight is 366 g/mol. The van der Waals surface area contributed by atoms with Crippen LogP contribution in [-0.2, 0) is 11.3 Å². The van der Waals surface area contributed by atoms with Crippen LogP contribution in [0, 0.1) is 13.8 Å². The monoisotopic (exact) mass is 366 g/mol. The molecule has 27 heavy (non-hydrogen) atoms. The normalized spacial score (nSPS) is 10.6. The number of aryl methyl sites for hydroxylation is 2. The highest BCUT2D eigenvalue weighted by molar-refractivity contribution is 5.80. The van der Waals surface area contributed by atoms with Crippen LogP contribution in [0.5, 0.6) is 5.75 Å². The zero-order chi connectivity index (χ0) is 19.4. The summed E-state index contributed by atoms with van der Waals surface area (Å²) in [6, 6.07) is 12.9. The van der Waals surface area contributed by atoms with Crippen molar-refractivity contribution < 1.29 is 9.53 Å². The zero-order valence-corrected chi connectivity index (χ0v) is 15.6. The Bertz CT molecular complexity index is 1020. The minimum atomic E-state index is -0.372. The third-order valence-corrected chi connectivity index (χ3v) is 4.25. The predicted molar refractivity (Wildman–Crippen MR) is 105 cm³/mol. The standard InChI is InChI=1S/C20H22N4O3/c1-4-24-19(26)15-10-5-6-11-16(15)21-20(24)23-22-17(25)12-27-18-13(2)8-7-9-14(18)3/h5-11H,4,12H2,1-3H3,(H,21,23)(H,22,25). The molecule has 0 bridgehead atoms. The second kappa shape index (κ2) is 7.90. The van der Waals surface area contributed by atoms with Gasteiger partial charge < -0.3 is 4.74 Å². The fourth-order valence-corrected chi connectivity index (χ4v) is 2.88. The van der Waals surface area contributed by atoms with E-state index in [1.165, 1.54) is 4.57 Å². The van der Waals surface area contributed by atoms with Crippen molar-refractivity contribution in [3.8, 4) is 5.75 Å². The summed E-state index contributed by atoms with van der Waals surface area (Å²) in [5, 5.41) is 0.537. The fraction of sp³-hybridized carbons (Fsp3) is 0.250. The van der Waals surface area contributed by atoms with Crippen molar-refractivity contribution in [2.45, 2.75) is 27.3 Å². The molecular weight excluding hydrogens is 344 g/mol. The maximum atomic E-state index is 12.6. The van der Waals surface area contributed by atoms with Crippen molar-refractivity contribution in [2.24, 2.45) is 0 Å². The van der Waals surface area contributed by atoms with Crippen LogP contribution < -0.4 is 21.1 Å². The van der Waals surface area contributed by atoms with Crippen molar-refractivity contribution >= 4 is 22.8 Å². The molecule has 2 aromatic carbocycles. The highest BCUT2D eigenvalue weighted by Gasteiger charge is 2.11. The SMILES string of the molecule is CCn1c(NNC(=O)COc2c(C)cccc2C)nc2ccccc2c1=O. The van der Waals surface area contributed by atoms with Gasteiger partial charge in [-0.1, -0.05) is 30.3 Å². The number of ether oxygens (including phenoxy) is 1. The molecule has 2 N–H and O–H groups in total. The van der Waals surface area contributed by atoms with E-state index in [-0.39, 0.29) is 24.0 Å². The van der Waals surface area contributed by atoms with Crippen LogP contribution in [0.15, 0.2) is 47.3 Å². The van der Waals surface area contributed by atoms with Gasteiger partial charge in [0.1, 0.15) is 5.75 Å². The van der Waals surface area contributed by atoms with Gasteiger partial charge in [-0.2, -0.15) is 0 Å². The van der Waals surface area contributed by atoms with Gasteiger partial charge in [-0.25, -0.2) is 4.98 Å². The van der Waals surface area contributed by atoms with Gasteiger partial charge in [0.2, 0.25) is 5.95 Å². The number of benzene rings is 2. The topological polar surface area (TPSA) is 85.2 Å². The first-order valence-electron chi connectivity index (χ1n) is 8.74. The Morgan fingerprint density at radius 3 is 2.52 bits per heavy atom. The Hall–Kier alpha value is -3.35. The number of para-hydroxylation sites is 2. The van der Waals surface area contributed by atoms with Crippen LogP contribution >= 0.6 is 0 Å². The molecule has 3 rings (SSSR count). The summed E-state index contributed by atoms with van der Waals surface area (Å²) in [5.41, 5.74) is 7.61. The van der Waals surface area contributed by atoms with Crippen LogP contribution in [0.4, 0.5) is 5.95 Å². The Balaban J connectivity index is 1.71. The van der Waals surface area contributed by atoms with Gasteiger partial charge in [-0.05, 0) is 44.0 Å². The van der Waals surface area contributed by atoms with Crippen molar-refractivity contribution in [3.63, 3.8) is 0 Å². The van der Waals surface area contributed by atoms with E-state index in [9.17, 15) is 9.59 Å². The molecule has 0 radical (unpaired) electrons. The van der Waals surface area contributed by atoms with Crippen molar-refractivity contribution in [2.75, 3.05) is 12.0 Å². The van der Waals surface area contributed by atoms with Crippen LogP contribution in [-0.4, -0.2) is 22.1 Å². The Morgan fingerprint density at radius 2 is 1.81 bits per heavy atom. The number of carbonyl (C=O) groups excluding carboxylic acids is 1. The zero-order valence-electron chi connectivity index (χ0n) is 15.6. The molecule has 0 aliphatic carbocycles. The third-order valence-electron chi connectivity index (χ3n) is 4.25. The van der Waals surface area contributed by atoms with Crippen LogP contribution in [0.2, 0.25) is 0 Å². The number of amides is 1. The molecule has 0 atom stereocenters. The lowest BCUT2D eigenvalue weighted by atomic mass is 10.1. The van der Waals surface area contributed by atoms with Gasteiger partial charge in [0.15, 0.2) is 6.61 Å². The minimum Gasteiger partial charge on any atom is -0.483 e. The van der Waals surface area contributed by atoms with Gasteiger partial charge in [-0.15, -0.1) is 0 Å². The second-order valence-electron chi connectivity index (χ2n) is 6.18. The number of fused-ring (bicyclic) bond motifs is 1. The number of hydrogen-bond acceptors (Lipinski definition) is 5. The Labute approximate surface area is 157 Å². The fourth-order valence-electron chi connectivity index (χ4n) is 2.88. The highest BCUT2D eigenvalue weighted by Crippen LogP contribution is 2.22. The molecule has 140 valence electrons. The number of nitrogens with one attached hydrogen (secondary N) is 2. The molecular formula is C20H22N4O3. The molecule has 0 aliphatic rings. The number of anilines is 1. The van der Waals surface area contributed by atoms with Crippen LogP contribution in [0.3, 0.4) is 0 Å². The molecule has 7 nitrogen and oxygen atoms in total. The predicted octanol–water partition coefficient (Wildman–Crippen LogP) is 2.56. The van der Waals surface area contributed by atoms with E-state index in [2.05, 4.69) is 15.8 Å². The summed E-state index contributed by atoms with van der Waals surface area (Å²) < 4.78 is 7.09. The lowest BCUT2D eigenvalue weighted by molar-refractivity contribution is -0.122. The van der Waals surface area contributed by atoms with Gasteiger partial charge >= 0.3 is 0 Å². The van der Waals surface area contributed by atoms with Crippen LogP contribution in [0.1, 0.15) is 18.1 Å². The Morgan fingerprint density at radius 1 is 1.11 bits per heavy atom. The molecule has 0 aliphatic heterocycles. The molecule has 0 spiro atoms. The summed E-state index contributed by atoms with van der Waals surface area (Å²) in [6.07, 6.45) is 0. The lowest BCUT2D eigenvalue weighted by Crippen LogP contribution is -2.37. The largest absolute Gasteiger partial charge is 0.483 e. The first-order valence-corrected chi connectivity index (χ1v) is 8.74. The minimum absolute atomic E-state index is 0.150. The number of hydrazine groups is 1. The number of aromatic nitrogens is 2. The summed E-state index contributed by atoms with van der Waals surface area (Å²) in [7, 11) is 0. The molecule has 0 fully saturated rings. The van der Waals surface area contributed by atoms with Crippen molar-refractivity contribution in [1.29, 1.82) is 0 Å². The smallest absolute Gasteiger partial charge is 0.276 e. The molecule has 0 unspecified atom stereocenters. The van der Waals surface area contributed by atoms with E-state index >= 15 is 0 Å². The molecule has 0 saturated carbocycles. The maximum absolute atomic E-state index is 12.6. The lowest BCUT2D eigenvalue weighted by Gasteiger charge is -2.15. The van der Waals surface area contributed by atoms with E-state index in [0.717, 1.165) is 11.1 Å². The Kier molecular flexibility index (Phi) is 5.40. The molecule has 7 heteroatoms. The van der Waals surface area contributed by atoms with E-state index in [4.69, 9.17) is 4.74 Å². The molecule has 1 heterocycles. The van der Waals surface area contributed by atoms with E-state index in [1.54, 1.807) is 18.2 Å². The first-order chi connectivity index (χ1) is 13.0. The first kappa shape index (κ1) is 18.4. The average Bonchev–Trinajstić information content (AvgIpc) is 2.66. The molecule has 1 amide bonds. The summed E-state index contributed by atoms with van der Waals surface area (Å²) >= 11 is 0. The second-order valence-corrected chi connectivity index (χ2v) is 6.18. The van der Waals surface area contributed by atoms with E-state index in [0.29, 0.717) is 23.2 Å². The van der Waals surface area contributed by atoms with Crippen LogP contribution in [0.25, 0.3) is 10.9 Å². The van der Waals surface area contributed by atoms with Crippen molar-refractivity contribution in [1.82, 2.24) is 15.0 Å². The third kappa shape index (κ3) is 3.92. The number of hydrogen-bond donors (Lipinski definition) is 2. The summed E-state index contributed by atoms with van der Waals surface area (Å²) in [5.74, 6) is 0.603. The molecule has 0 saturated heterocycles. The van der Waals surface area contributed by atoms with E-state index in [1.807, 2.05) is 45.0 Å². The molecule has 1 aromatic heterocycles. The number of carbonyl (C=O) groups is 1.